The maximum atomic E-state index is 14.8. The highest BCUT2D eigenvalue weighted by atomic mass is 32.2. The lowest BCUT2D eigenvalue weighted by molar-refractivity contribution is -0.141. The van der Waals surface area contributed by atoms with Crippen molar-refractivity contribution in [3.05, 3.63) is 41.6 Å². The number of hydrogen-bond donors (Lipinski definition) is 3. The quantitative estimate of drug-likeness (QED) is 0.334. The van der Waals surface area contributed by atoms with E-state index < -0.39 is 73.3 Å². The molecule has 1 spiro atoms. The van der Waals surface area contributed by atoms with Gasteiger partial charge in [0, 0.05) is 29.2 Å². The van der Waals surface area contributed by atoms with Crippen molar-refractivity contribution in [3.8, 4) is 11.5 Å². The van der Waals surface area contributed by atoms with Crippen molar-refractivity contribution < 1.29 is 41.8 Å². The molecule has 308 valence electrons. The number of nitrogens with one attached hydrogen (secondary N) is 3. The zero-order valence-corrected chi connectivity index (χ0v) is 34.4. The van der Waals surface area contributed by atoms with Gasteiger partial charge < -0.3 is 29.7 Å². The maximum absolute atomic E-state index is 14.8. The Morgan fingerprint density at radius 3 is 2.53 bits per heavy atom. The first-order valence-corrected chi connectivity index (χ1v) is 22.0. The van der Waals surface area contributed by atoms with Crippen molar-refractivity contribution in [2.45, 2.75) is 151 Å². The fourth-order valence-electron chi connectivity index (χ4n) is 8.74. The summed E-state index contributed by atoms with van der Waals surface area (Å²) < 4.78 is 46.0. The van der Waals surface area contributed by atoms with Crippen molar-refractivity contribution in [2.24, 2.45) is 5.92 Å². The van der Waals surface area contributed by atoms with E-state index in [1.807, 2.05) is 30.4 Å². The number of fused-ring (bicyclic) bond motifs is 5. The molecule has 4 heterocycles. The van der Waals surface area contributed by atoms with E-state index in [0.29, 0.717) is 56.4 Å². The molecule has 3 N–H and O–H groups in total. The molecule has 2 aromatic rings. The molecule has 14 nitrogen and oxygen atoms in total. The molecule has 3 aliphatic carbocycles. The fraction of sp³-hybridized carbons (Fsp3) is 0.643. The number of pyridine rings is 1. The first-order chi connectivity index (χ1) is 27.0. The van der Waals surface area contributed by atoms with Crippen LogP contribution in [0.2, 0.25) is 0 Å². The molecular formula is C42H55N5O9S. The van der Waals surface area contributed by atoms with E-state index in [1.54, 1.807) is 34.8 Å². The minimum Gasteiger partial charge on any atom is -0.497 e. The van der Waals surface area contributed by atoms with E-state index >= 15 is 0 Å². The predicted molar refractivity (Wildman–Crippen MR) is 211 cm³/mol. The summed E-state index contributed by atoms with van der Waals surface area (Å²) in [7, 11) is -2.37. The number of amides is 4. The lowest BCUT2D eigenvalue weighted by Crippen LogP contribution is -2.58. The number of nitrogens with zero attached hydrogens (tertiary/aromatic N) is 2. The third kappa shape index (κ3) is 7.68. The number of aromatic nitrogens is 1. The first kappa shape index (κ1) is 39.4. The van der Waals surface area contributed by atoms with E-state index in [-0.39, 0.29) is 25.3 Å². The SMILES string of the molecule is COc1ccc2nc(C3CC3)c3c(c2c1)CC[C@]1(C[C@H]2C(=O)N[C@]4(C(=O)NS(=O)(=O)C5(C)CC5)C[C@@H]4/C=C\CCCCC[C@H](NC(=O)OC(C)(C)C)C(=O)N2C1)O3. The van der Waals surface area contributed by atoms with Crippen molar-refractivity contribution in [1.82, 2.24) is 25.2 Å². The Bertz CT molecular complexity index is 2140. The predicted octanol–water partition coefficient (Wildman–Crippen LogP) is 5.07. The second kappa shape index (κ2) is 14.2. The van der Waals surface area contributed by atoms with Gasteiger partial charge in [-0.25, -0.2) is 18.2 Å². The second-order valence-corrected chi connectivity index (χ2v) is 20.6. The van der Waals surface area contributed by atoms with Gasteiger partial charge in [-0.1, -0.05) is 25.0 Å². The van der Waals surface area contributed by atoms with Crippen LogP contribution >= 0.6 is 0 Å². The van der Waals surface area contributed by atoms with E-state index in [4.69, 9.17) is 19.2 Å². The Hall–Kier alpha value is -4.40. The maximum Gasteiger partial charge on any atom is 0.408 e. The summed E-state index contributed by atoms with van der Waals surface area (Å²) in [6.07, 6.45) is 10.7. The van der Waals surface area contributed by atoms with Crippen LogP contribution in [0.4, 0.5) is 4.79 Å². The molecule has 5 atom stereocenters. The summed E-state index contributed by atoms with van der Waals surface area (Å²) in [6, 6.07) is 3.75. The van der Waals surface area contributed by atoms with Gasteiger partial charge in [-0.15, -0.1) is 0 Å². The number of benzene rings is 1. The first-order valence-electron chi connectivity index (χ1n) is 20.5. The van der Waals surface area contributed by atoms with Crippen molar-refractivity contribution in [1.29, 1.82) is 0 Å². The zero-order chi connectivity index (χ0) is 40.5. The van der Waals surface area contributed by atoms with Crippen molar-refractivity contribution >= 4 is 44.7 Å². The van der Waals surface area contributed by atoms with Crippen LogP contribution in [0.1, 0.15) is 122 Å². The molecule has 4 amide bonds. The average Bonchev–Trinajstić information content (AvgIpc) is 4.08. The van der Waals surface area contributed by atoms with E-state index in [2.05, 4.69) is 15.4 Å². The number of hydrogen-bond acceptors (Lipinski definition) is 10. The summed E-state index contributed by atoms with van der Waals surface area (Å²) in [4.78, 5) is 63.4. The van der Waals surface area contributed by atoms with Gasteiger partial charge in [0.25, 0.3) is 5.91 Å². The molecule has 1 aromatic heterocycles. The molecule has 0 bridgehead atoms. The molecule has 3 saturated carbocycles. The van der Waals surface area contributed by atoms with Gasteiger partial charge in [0.2, 0.25) is 21.8 Å². The highest BCUT2D eigenvalue weighted by Gasteiger charge is 2.64. The van der Waals surface area contributed by atoms with Crippen LogP contribution in [-0.2, 0) is 35.6 Å². The largest absolute Gasteiger partial charge is 0.497 e. The average molecular weight is 806 g/mol. The second-order valence-electron chi connectivity index (χ2n) is 18.4. The topological polar surface area (TPSA) is 182 Å². The Morgan fingerprint density at radius 2 is 1.82 bits per heavy atom. The summed E-state index contributed by atoms with van der Waals surface area (Å²) in [6.45, 7) is 6.91. The third-order valence-electron chi connectivity index (χ3n) is 12.7. The summed E-state index contributed by atoms with van der Waals surface area (Å²) in [5.41, 5.74) is -0.539. The van der Waals surface area contributed by atoms with Gasteiger partial charge >= 0.3 is 6.09 Å². The van der Waals surface area contributed by atoms with Gasteiger partial charge in [-0.3, -0.25) is 19.1 Å². The summed E-state index contributed by atoms with van der Waals surface area (Å²) in [5, 5.41) is 6.72. The van der Waals surface area contributed by atoms with Gasteiger partial charge in [0.1, 0.15) is 40.3 Å². The number of aryl methyl sites for hydroxylation is 1. The van der Waals surface area contributed by atoms with Crippen LogP contribution in [0.25, 0.3) is 10.9 Å². The molecule has 3 aliphatic heterocycles. The molecule has 57 heavy (non-hydrogen) atoms. The number of rotatable bonds is 6. The Kier molecular flexibility index (Phi) is 9.79. The normalized spacial score (nSPS) is 30.3. The van der Waals surface area contributed by atoms with Crippen LogP contribution in [0.15, 0.2) is 30.4 Å². The minimum atomic E-state index is -3.99. The number of ether oxygens (including phenoxy) is 3. The van der Waals surface area contributed by atoms with Crippen LogP contribution in [0.5, 0.6) is 11.5 Å². The number of alkyl carbamates (subject to hydrolysis) is 1. The molecule has 1 aromatic carbocycles. The molecular weight excluding hydrogens is 751 g/mol. The lowest BCUT2D eigenvalue weighted by Gasteiger charge is -2.37. The van der Waals surface area contributed by atoms with Crippen molar-refractivity contribution in [3.63, 3.8) is 0 Å². The monoisotopic (exact) mass is 805 g/mol. The fourth-order valence-corrected chi connectivity index (χ4v) is 10.1. The third-order valence-corrected chi connectivity index (χ3v) is 14.9. The Morgan fingerprint density at radius 1 is 1.05 bits per heavy atom. The van der Waals surface area contributed by atoms with Crippen LogP contribution in [0.3, 0.4) is 0 Å². The standard InChI is InChI=1S/C42H55N5O9S/c1-39(2,3)56-38(51)44-31-12-10-8-6-7-9-11-26-22-42(26,37(50)46-57(52,53)40(4)19-20-40)45-35(48)32-23-41(24-47(32)36(31)49)18-17-28-29-21-27(54-5)15-16-30(29)43-33(25-13-14-25)34(28)55-41/h9,11,15-16,21,25-26,31-32H,6-8,10,12-14,17-20,22-24H2,1-5H3,(H,44,51)(H,45,48)(H,46,50)/b11-9-/t26-,31-,32-,41+,42+/m0/s1. The van der Waals surface area contributed by atoms with E-state index in [1.165, 1.54) is 4.90 Å². The Balaban J connectivity index is 1.15. The van der Waals surface area contributed by atoms with Gasteiger partial charge in [0.15, 0.2) is 0 Å². The molecule has 4 fully saturated rings. The van der Waals surface area contributed by atoms with Gasteiger partial charge in [-0.05, 0) is 110 Å². The molecule has 8 rings (SSSR count). The number of carbonyl (C=O) groups excluding carboxylic acids is 4. The van der Waals surface area contributed by atoms with Crippen LogP contribution in [0, 0.1) is 5.92 Å². The summed E-state index contributed by atoms with van der Waals surface area (Å²) >= 11 is 0. The highest BCUT2D eigenvalue weighted by Crippen LogP contribution is 2.52. The highest BCUT2D eigenvalue weighted by molar-refractivity contribution is 7.91. The molecule has 6 aliphatic rings. The number of carbonyl (C=O) groups is 4. The smallest absolute Gasteiger partial charge is 0.408 e. The van der Waals surface area contributed by atoms with Crippen LogP contribution < -0.4 is 24.8 Å². The lowest BCUT2D eigenvalue weighted by atomic mass is 9.86. The van der Waals surface area contributed by atoms with E-state index in [0.717, 1.165) is 47.8 Å². The van der Waals surface area contributed by atoms with Crippen molar-refractivity contribution in [2.75, 3.05) is 13.7 Å². The van der Waals surface area contributed by atoms with Gasteiger partial charge in [-0.2, -0.15) is 0 Å². The molecule has 0 unspecified atom stereocenters. The Labute approximate surface area is 334 Å². The minimum absolute atomic E-state index is 0.0609. The van der Waals surface area contributed by atoms with E-state index in [9.17, 15) is 27.6 Å². The number of methoxy groups -OCH3 is 1. The zero-order valence-electron chi connectivity index (χ0n) is 33.6. The van der Waals surface area contributed by atoms with Crippen LogP contribution in [-0.4, -0.2) is 89.3 Å². The number of sulfonamides is 1. The molecule has 15 heteroatoms. The molecule has 1 saturated heterocycles. The number of allylic oxidation sites excluding steroid dienone is 1. The summed E-state index contributed by atoms with van der Waals surface area (Å²) in [5.74, 6) is -0.593. The van der Waals surface area contributed by atoms with Gasteiger partial charge in [0.05, 0.1) is 29.6 Å². The molecule has 0 radical (unpaired) electrons.